The highest BCUT2D eigenvalue weighted by Crippen LogP contribution is 2.29. The normalized spacial score (nSPS) is 10.8. The molecule has 1 N–H and O–H groups in total. The minimum atomic E-state index is -0.942. The maximum Gasteiger partial charge on any atom is 0.276 e. The van der Waals surface area contributed by atoms with E-state index in [0.717, 1.165) is 0 Å². The highest BCUT2D eigenvalue weighted by Gasteiger charge is 2.16. The molecule has 0 aliphatic rings. The van der Waals surface area contributed by atoms with Gasteiger partial charge < -0.3 is 14.6 Å². The fraction of sp³-hybridized carbons (Fsp3) is 0.385. The Labute approximate surface area is 190 Å². The Kier molecular flexibility index (Phi) is 9.02. The van der Waals surface area contributed by atoms with Gasteiger partial charge in [0.05, 0.1) is 18.4 Å². The van der Waals surface area contributed by atoms with Crippen LogP contribution in [0.3, 0.4) is 0 Å². The van der Waals surface area contributed by atoms with Crippen molar-refractivity contribution in [2.45, 2.75) is 53.1 Å². The van der Waals surface area contributed by atoms with Crippen LogP contribution in [-0.2, 0) is 6.42 Å². The zero-order valence-electron chi connectivity index (χ0n) is 19.9. The lowest BCUT2D eigenvalue weighted by atomic mass is 10.1. The van der Waals surface area contributed by atoms with Crippen molar-refractivity contribution < 1.29 is 14.6 Å². The van der Waals surface area contributed by atoms with E-state index in [0.29, 0.717) is 22.9 Å². The quantitative estimate of drug-likeness (QED) is 0.581. The second kappa shape index (κ2) is 11.5. The van der Waals surface area contributed by atoms with E-state index in [2.05, 4.69) is 43.1 Å². The summed E-state index contributed by atoms with van der Waals surface area (Å²) >= 11 is 0. The van der Waals surface area contributed by atoms with Crippen LogP contribution >= 0.6 is 0 Å². The smallest absolute Gasteiger partial charge is 0.276 e. The molecule has 0 radical (unpaired) electrons. The number of rotatable bonds is 7. The van der Waals surface area contributed by atoms with E-state index < -0.39 is 5.60 Å². The number of hydrogen-bond acceptors (Lipinski definition) is 5. The summed E-state index contributed by atoms with van der Waals surface area (Å²) in [6.07, 6.45) is 5.62. The maximum absolute atomic E-state index is 12.1. The number of nitrogens with zero attached hydrogens (tertiary/aromatic N) is 2. The molecule has 0 atom stereocenters. The number of ether oxygens (including phenoxy) is 2. The summed E-state index contributed by atoms with van der Waals surface area (Å²) in [5, 5.41) is 9.72. The summed E-state index contributed by atoms with van der Waals surface area (Å²) in [4.78, 5) is 16.1. The van der Waals surface area contributed by atoms with Gasteiger partial charge in [-0.15, -0.1) is 0 Å². The van der Waals surface area contributed by atoms with Gasteiger partial charge >= 0.3 is 0 Å². The lowest BCUT2D eigenvalue weighted by Gasteiger charge is -2.19. The number of aliphatic hydroxyl groups is 1. The minimum absolute atomic E-state index is 0.136. The second-order valence-corrected chi connectivity index (χ2v) is 8.36. The van der Waals surface area contributed by atoms with Gasteiger partial charge in [0.1, 0.15) is 12.3 Å². The van der Waals surface area contributed by atoms with Crippen LogP contribution in [-0.4, -0.2) is 34.0 Å². The Hall–Kier alpha value is -3.12. The minimum Gasteiger partial charge on any atom is -0.493 e. The second-order valence-electron chi connectivity index (χ2n) is 8.36. The zero-order valence-corrected chi connectivity index (χ0v) is 19.9. The van der Waals surface area contributed by atoms with Crippen molar-refractivity contribution in [1.82, 2.24) is 9.55 Å². The largest absolute Gasteiger partial charge is 0.493 e. The SMILES string of the molecule is CCCc1cccc(C)c1.COc1cc(-n2ccnc(C)c2=O)ccc1OCC(C)(C)O. The van der Waals surface area contributed by atoms with Crippen LogP contribution in [0.25, 0.3) is 5.69 Å². The first kappa shape index (κ1) is 25.1. The molecule has 0 bridgehead atoms. The van der Waals surface area contributed by atoms with Crippen molar-refractivity contribution in [2.75, 3.05) is 13.7 Å². The molecule has 1 aromatic heterocycles. The molecule has 0 saturated carbocycles. The standard InChI is InChI=1S/C16H20N2O4.C10H14/c1-11-15(19)18(8-7-17-11)12-5-6-13(14(9-12)21-4)22-10-16(2,3)20;1-3-5-10-7-4-6-9(2)8-10/h5-9,20H,10H2,1-4H3;4,6-8H,3,5H2,1-2H3. The van der Waals surface area contributed by atoms with Crippen LogP contribution in [0.4, 0.5) is 0 Å². The number of aromatic nitrogens is 2. The molecule has 3 aromatic rings. The maximum atomic E-state index is 12.1. The first-order valence-electron chi connectivity index (χ1n) is 10.8. The van der Waals surface area contributed by atoms with Gasteiger partial charge in [-0.3, -0.25) is 14.3 Å². The molecule has 0 fully saturated rings. The number of methoxy groups -OCH3 is 1. The van der Waals surface area contributed by atoms with E-state index in [1.807, 2.05) is 0 Å². The van der Waals surface area contributed by atoms with Gasteiger partial charge in [-0.1, -0.05) is 43.2 Å². The van der Waals surface area contributed by atoms with Crippen molar-refractivity contribution >= 4 is 0 Å². The molecule has 0 aliphatic heterocycles. The van der Waals surface area contributed by atoms with Crippen molar-refractivity contribution in [3.8, 4) is 17.2 Å². The Morgan fingerprint density at radius 1 is 1.09 bits per heavy atom. The van der Waals surface area contributed by atoms with E-state index in [1.54, 1.807) is 51.4 Å². The first-order valence-corrected chi connectivity index (χ1v) is 10.8. The molecule has 0 unspecified atom stereocenters. The lowest BCUT2D eigenvalue weighted by Crippen LogP contribution is -2.28. The van der Waals surface area contributed by atoms with Gasteiger partial charge in [-0.05, 0) is 51.8 Å². The molecule has 3 rings (SSSR count). The number of benzene rings is 2. The fourth-order valence-electron chi connectivity index (χ4n) is 3.05. The molecule has 0 spiro atoms. The third-order valence-corrected chi connectivity index (χ3v) is 4.64. The molecular weight excluding hydrogens is 404 g/mol. The van der Waals surface area contributed by atoms with Crippen LogP contribution in [0.5, 0.6) is 11.5 Å². The monoisotopic (exact) mass is 438 g/mol. The van der Waals surface area contributed by atoms with E-state index in [1.165, 1.54) is 35.6 Å². The van der Waals surface area contributed by atoms with E-state index in [4.69, 9.17) is 9.47 Å². The summed E-state index contributed by atoms with van der Waals surface area (Å²) < 4.78 is 12.4. The van der Waals surface area contributed by atoms with Crippen molar-refractivity contribution in [3.63, 3.8) is 0 Å². The molecule has 2 aromatic carbocycles. The van der Waals surface area contributed by atoms with Crippen LogP contribution in [0, 0.1) is 13.8 Å². The molecule has 0 aliphatic carbocycles. The lowest BCUT2D eigenvalue weighted by molar-refractivity contribution is 0.0276. The molecule has 0 saturated heterocycles. The molecule has 0 amide bonds. The predicted octanol–water partition coefficient (Wildman–Crippen LogP) is 4.65. The highest BCUT2D eigenvalue weighted by atomic mass is 16.5. The van der Waals surface area contributed by atoms with Crippen LogP contribution in [0.2, 0.25) is 0 Å². The van der Waals surface area contributed by atoms with Crippen LogP contribution in [0.1, 0.15) is 44.0 Å². The average molecular weight is 439 g/mol. The van der Waals surface area contributed by atoms with Crippen LogP contribution in [0.15, 0.2) is 59.7 Å². The van der Waals surface area contributed by atoms with Gasteiger partial charge in [0.25, 0.3) is 5.56 Å². The molecule has 32 heavy (non-hydrogen) atoms. The van der Waals surface area contributed by atoms with Crippen molar-refractivity contribution in [1.29, 1.82) is 0 Å². The Morgan fingerprint density at radius 3 is 2.47 bits per heavy atom. The van der Waals surface area contributed by atoms with Gasteiger partial charge in [0.15, 0.2) is 11.5 Å². The summed E-state index contributed by atoms with van der Waals surface area (Å²) in [5.74, 6) is 0.996. The number of hydrogen-bond donors (Lipinski definition) is 1. The fourth-order valence-corrected chi connectivity index (χ4v) is 3.05. The van der Waals surface area contributed by atoms with E-state index >= 15 is 0 Å². The van der Waals surface area contributed by atoms with Crippen molar-refractivity contribution in [2.24, 2.45) is 0 Å². The topological polar surface area (TPSA) is 73.6 Å². The van der Waals surface area contributed by atoms with Crippen LogP contribution < -0.4 is 15.0 Å². The molecule has 6 heteroatoms. The van der Waals surface area contributed by atoms with E-state index in [9.17, 15) is 9.90 Å². The predicted molar refractivity (Wildman–Crippen MR) is 128 cm³/mol. The third-order valence-electron chi connectivity index (χ3n) is 4.64. The number of aryl methyl sites for hydroxylation is 3. The summed E-state index contributed by atoms with van der Waals surface area (Å²) in [5.41, 5.74) is 2.78. The van der Waals surface area contributed by atoms with Gasteiger partial charge in [-0.2, -0.15) is 0 Å². The summed E-state index contributed by atoms with van der Waals surface area (Å²) in [7, 11) is 1.52. The average Bonchev–Trinajstić information content (AvgIpc) is 2.74. The first-order chi connectivity index (χ1) is 15.1. The van der Waals surface area contributed by atoms with Gasteiger partial charge in [0.2, 0.25) is 0 Å². The highest BCUT2D eigenvalue weighted by molar-refractivity contribution is 5.49. The molecular formula is C26H34N2O4. The Balaban J connectivity index is 0.000000303. The third kappa shape index (κ3) is 7.54. The van der Waals surface area contributed by atoms with Gasteiger partial charge in [0, 0.05) is 18.5 Å². The molecule has 6 nitrogen and oxygen atoms in total. The Morgan fingerprint density at radius 2 is 1.84 bits per heavy atom. The molecule has 172 valence electrons. The summed E-state index contributed by atoms with van der Waals surface area (Å²) in [6.45, 7) is 9.47. The molecule has 1 heterocycles. The summed E-state index contributed by atoms with van der Waals surface area (Å²) in [6, 6.07) is 13.9. The van der Waals surface area contributed by atoms with E-state index in [-0.39, 0.29) is 12.2 Å². The zero-order chi connectivity index (χ0) is 23.7. The van der Waals surface area contributed by atoms with Crippen molar-refractivity contribution in [3.05, 3.63) is 82.0 Å². The van der Waals surface area contributed by atoms with Gasteiger partial charge in [-0.25, -0.2) is 0 Å². The Bertz CT molecular complexity index is 1070.